The van der Waals surface area contributed by atoms with Crippen LogP contribution in [0.15, 0.2) is 0 Å². The second-order valence-electron chi connectivity index (χ2n) is 4.98. The van der Waals surface area contributed by atoms with E-state index in [1.807, 2.05) is 0 Å². The molecule has 1 unspecified atom stereocenters. The summed E-state index contributed by atoms with van der Waals surface area (Å²) in [7, 11) is 0. The molecule has 0 aromatic carbocycles. The van der Waals surface area contributed by atoms with Crippen LogP contribution in [0, 0.1) is 0 Å². The molecule has 0 aromatic rings. The van der Waals surface area contributed by atoms with E-state index in [1.165, 1.54) is 51.7 Å². The van der Waals surface area contributed by atoms with Gasteiger partial charge >= 0.3 is 0 Å². The lowest BCUT2D eigenvalue weighted by molar-refractivity contribution is 0.00563. The van der Waals surface area contributed by atoms with Crippen molar-refractivity contribution in [2.45, 2.75) is 52.1 Å². The maximum absolute atomic E-state index is 5.72. The summed E-state index contributed by atoms with van der Waals surface area (Å²) < 4.78 is 5.72. The van der Waals surface area contributed by atoms with Gasteiger partial charge in [-0.2, -0.15) is 0 Å². The first kappa shape index (κ1) is 14.9. The van der Waals surface area contributed by atoms with Gasteiger partial charge < -0.3 is 15.0 Å². The molecule has 1 N–H and O–H groups in total. The molecule has 102 valence electrons. The summed E-state index contributed by atoms with van der Waals surface area (Å²) in [6.45, 7) is 11.2. The van der Waals surface area contributed by atoms with Gasteiger partial charge in [-0.3, -0.25) is 0 Å². The van der Waals surface area contributed by atoms with Crippen molar-refractivity contribution < 1.29 is 4.74 Å². The van der Waals surface area contributed by atoms with E-state index in [4.69, 9.17) is 4.74 Å². The van der Waals surface area contributed by atoms with Crippen LogP contribution in [0.5, 0.6) is 0 Å². The van der Waals surface area contributed by atoms with Crippen molar-refractivity contribution in [3.8, 4) is 0 Å². The largest absolute Gasteiger partial charge is 0.377 e. The minimum Gasteiger partial charge on any atom is -0.377 e. The smallest absolute Gasteiger partial charge is 0.0702 e. The first-order chi connectivity index (χ1) is 8.36. The Morgan fingerprint density at radius 3 is 2.88 bits per heavy atom. The predicted octanol–water partition coefficient (Wildman–Crippen LogP) is 2.27. The number of hydrogen-bond acceptors (Lipinski definition) is 3. The van der Waals surface area contributed by atoms with Crippen LogP contribution in [0.3, 0.4) is 0 Å². The molecule has 1 rings (SSSR count). The quantitative estimate of drug-likeness (QED) is 0.628. The Bertz CT molecular complexity index is 174. The lowest BCUT2D eigenvalue weighted by Crippen LogP contribution is -2.40. The number of hydrogen-bond donors (Lipinski definition) is 1. The van der Waals surface area contributed by atoms with Crippen molar-refractivity contribution in [1.82, 2.24) is 10.2 Å². The molecule has 1 saturated heterocycles. The van der Waals surface area contributed by atoms with Gasteiger partial charge in [-0.05, 0) is 65.2 Å². The van der Waals surface area contributed by atoms with Gasteiger partial charge in [-0.25, -0.2) is 0 Å². The predicted molar refractivity (Wildman–Crippen MR) is 73.5 cm³/mol. The summed E-state index contributed by atoms with van der Waals surface area (Å²) in [5.41, 5.74) is 0. The van der Waals surface area contributed by atoms with E-state index in [-0.39, 0.29) is 0 Å². The van der Waals surface area contributed by atoms with E-state index in [0.29, 0.717) is 6.10 Å². The highest BCUT2D eigenvalue weighted by Crippen LogP contribution is 2.13. The molecule has 0 bridgehead atoms. The van der Waals surface area contributed by atoms with Gasteiger partial charge in [0.1, 0.15) is 0 Å². The molecule has 1 aliphatic heterocycles. The Morgan fingerprint density at radius 2 is 2.12 bits per heavy atom. The zero-order valence-corrected chi connectivity index (χ0v) is 11.7. The molecular weight excluding hydrogens is 212 g/mol. The van der Waals surface area contributed by atoms with Gasteiger partial charge in [0.05, 0.1) is 6.10 Å². The van der Waals surface area contributed by atoms with Crippen molar-refractivity contribution >= 4 is 0 Å². The second-order valence-corrected chi connectivity index (χ2v) is 4.98. The number of likely N-dealkylation sites (tertiary alicyclic amines) is 1. The van der Waals surface area contributed by atoms with Crippen molar-refractivity contribution in [2.75, 3.05) is 39.3 Å². The van der Waals surface area contributed by atoms with Gasteiger partial charge in [0.25, 0.3) is 0 Å². The van der Waals surface area contributed by atoms with Gasteiger partial charge in [0.15, 0.2) is 0 Å². The molecule has 3 nitrogen and oxygen atoms in total. The van der Waals surface area contributed by atoms with Crippen molar-refractivity contribution in [1.29, 1.82) is 0 Å². The second kappa shape index (κ2) is 9.86. The molecule has 0 radical (unpaired) electrons. The molecule has 0 aliphatic carbocycles. The van der Waals surface area contributed by atoms with Crippen LogP contribution in [0.2, 0.25) is 0 Å². The fourth-order valence-electron chi connectivity index (χ4n) is 2.48. The van der Waals surface area contributed by atoms with Crippen LogP contribution < -0.4 is 5.32 Å². The van der Waals surface area contributed by atoms with Gasteiger partial charge in [0.2, 0.25) is 0 Å². The standard InChI is InChI=1S/C14H30N2O/c1-3-9-15-10-5-6-11-16-12-7-8-14(13-16)17-4-2/h14-15H,3-13H2,1-2H3. The highest BCUT2D eigenvalue weighted by molar-refractivity contribution is 4.73. The molecule has 17 heavy (non-hydrogen) atoms. The summed E-state index contributed by atoms with van der Waals surface area (Å²) in [6, 6.07) is 0. The van der Waals surface area contributed by atoms with Gasteiger partial charge in [-0.1, -0.05) is 6.92 Å². The topological polar surface area (TPSA) is 24.5 Å². The minimum absolute atomic E-state index is 0.493. The Labute approximate surface area is 107 Å². The molecule has 1 atom stereocenters. The van der Waals surface area contributed by atoms with Crippen LogP contribution in [0.1, 0.15) is 46.0 Å². The third-order valence-corrected chi connectivity index (χ3v) is 3.37. The van der Waals surface area contributed by atoms with Crippen LogP contribution in [-0.2, 0) is 4.74 Å². The molecule has 1 aliphatic rings. The van der Waals surface area contributed by atoms with Crippen LogP contribution in [-0.4, -0.2) is 50.3 Å². The molecule has 0 amide bonds. The van der Waals surface area contributed by atoms with Crippen molar-refractivity contribution in [3.63, 3.8) is 0 Å². The van der Waals surface area contributed by atoms with Crippen molar-refractivity contribution in [2.24, 2.45) is 0 Å². The summed E-state index contributed by atoms with van der Waals surface area (Å²) in [6.07, 6.45) is 6.90. The Morgan fingerprint density at radius 1 is 1.24 bits per heavy atom. The maximum atomic E-state index is 5.72. The fourth-order valence-corrected chi connectivity index (χ4v) is 2.48. The fraction of sp³-hybridized carbons (Fsp3) is 1.00. The van der Waals surface area contributed by atoms with Crippen molar-refractivity contribution in [3.05, 3.63) is 0 Å². The molecule has 3 heteroatoms. The average Bonchev–Trinajstić information content (AvgIpc) is 2.35. The summed E-state index contributed by atoms with van der Waals surface area (Å²) in [5, 5.41) is 3.46. The minimum atomic E-state index is 0.493. The monoisotopic (exact) mass is 242 g/mol. The normalized spacial score (nSPS) is 21.9. The average molecular weight is 242 g/mol. The summed E-state index contributed by atoms with van der Waals surface area (Å²) in [5.74, 6) is 0. The van der Waals surface area contributed by atoms with E-state index >= 15 is 0 Å². The van der Waals surface area contributed by atoms with E-state index in [1.54, 1.807) is 0 Å². The summed E-state index contributed by atoms with van der Waals surface area (Å²) >= 11 is 0. The Kier molecular flexibility index (Phi) is 8.67. The van der Waals surface area contributed by atoms with Crippen LogP contribution in [0.25, 0.3) is 0 Å². The zero-order chi connectivity index (χ0) is 12.3. The number of nitrogens with one attached hydrogen (secondary N) is 1. The lowest BCUT2D eigenvalue weighted by Gasteiger charge is -2.32. The Balaban J connectivity index is 1.98. The molecule has 1 fully saturated rings. The van der Waals surface area contributed by atoms with Gasteiger partial charge in [0, 0.05) is 13.2 Å². The Hall–Kier alpha value is -0.120. The highest BCUT2D eigenvalue weighted by atomic mass is 16.5. The molecule has 0 spiro atoms. The van der Waals surface area contributed by atoms with E-state index in [0.717, 1.165) is 19.7 Å². The van der Waals surface area contributed by atoms with Crippen LogP contribution >= 0.6 is 0 Å². The molecule has 0 saturated carbocycles. The SMILES string of the molecule is CCCNCCCCN1CCCC(OCC)C1. The molecule has 1 heterocycles. The number of ether oxygens (including phenoxy) is 1. The third kappa shape index (κ3) is 7.02. The summed E-state index contributed by atoms with van der Waals surface area (Å²) in [4.78, 5) is 2.57. The van der Waals surface area contributed by atoms with E-state index in [9.17, 15) is 0 Å². The number of nitrogens with zero attached hydrogens (tertiary/aromatic N) is 1. The number of piperidine rings is 1. The van der Waals surface area contributed by atoms with Crippen LogP contribution in [0.4, 0.5) is 0 Å². The van der Waals surface area contributed by atoms with Gasteiger partial charge in [-0.15, -0.1) is 0 Å². The third-order valence-electron chi connectivity index (χ3n) is 3.37. The number of unbranched alkanes of at least 4 members (excludes halogenated alkanes) is 1. The highest BCUT2D eigenvalue weighted by Gasteiger charge is 2.19. The first-order valence-corrected chi connectivity index (χ1v) is 7.41. The van der Waals surface area contributed by atoms with E-state index in [2.05, 4.69) is 24.1 Å². The van der Waals surface area contributed by atoms with E-state index < -0.39 is 0 Å². The zero-order valence-electron chi connectivity index (χ0n) is 11.7. The maximum Gasteiger partial charge on any atom is 0.0702 e. The number of rotatable bonds is 9. The molecule has 0 aromatic heterocycles. The molecular formula is C14H30N2O. The lowest BCUT2D eigenvalue weighted by atomic mass is 10.1. The first-order valence-electron chi connectivity index (χ1n) is 7.41.